The van der Waals surface area contributed by atoms with Gasteiger partial charge in [-0.3, -0.25) is 9.59 Å². The largest absolute Gasteiger partial charge is 0.375 e. The highest BCUT2D eigenvalue weighted by molar-refractivity contribution is 5.97. The van der Waals surface area contributed by atoms with E-state index in [-0.39, 0.29) is 29.8 Å². The third kappa shape index (κ3) is 3.28. The zero-order valence-electron chi connectivity index (χ0n) is 13.3. The highest BCUT2D eigenvalue weighted by Crippen LogP contribution is 2.29. The van der Waals surface area contributed by atoms with Crippen molar-refractivity contribution in [2.75, 3.05) is 26.3 Å². The van der Waals surface area contributed by atoms with Gasteiger partial charge < -0.3 is 14.5 Å². The molecule has 0 bridgehead atoms. The first kappa shape index (κ1) is 16.0. The number of hydrogen-bond acceptors (Lipinski definition) is 3. The maximum atomic E-state index is 12.7. The van der Waals surface area contributed by atoms with E-state index >= 15 is 0 Å². The van der Waals surface area contributed by atoms with Gasteiger partial charge in [-0.15, -0.1) is 0 Å². The molecule has 0 aliphatic carbocycles. The van der Waals surface area contributed by atoms with Crippen LogP contribution in [0, 0.1) is 5.92 Å². The summed E-state index contributed by atoms with van der Waals surface area (Å²) in [6, 6.07) is -0.589. The van der Waals surface area contributed by atoms with Gasteiger partial charge in [-0.1, -0.05) is 26.0 Å². The second-order valence-electron chi connectivity index (χ2n) is 6.42. The van der Waals surface area contributed by atoms with Gasteiger partial charge in [0.05, 0.1) is 13.2 Å². The minimum absolute atomic E-state index is 0.0877. The maximum Gasteiger partial charge on any atom is 0.246 e. The lowest BCUT2D eigenvalue weighted by Crippen LogP contribution is -2.64. The number of piperazine rings is 1. The van der Waals surface area contributed by atoms with Gasteiger partial charge in [-0.25, -0.2) is 0 Å². The Balaban J connectivity index is 2.06. The van der Waals surface area contributed by atoms with Gasteiger partial charge in [0, 0.05) is 13.1 Å². The third-order valence-electron chi connectivity index (χ3n) is 4.15. The molecular formula is C16H26N2O3. The van der Waals surface area contributed by atoms with Crippen molar-refractivity contribution in [2.24, 2.45) is 5.92 Å². The molecule has 2 fully saturated rings. The molecular weight excluding hydrogens is 268 g/mol. The van der Waals surface area contributed by atoms with E-state index in [9.17, 15) is 9.59 Å². The van der Waals surface area contributed by atoms with Gasteiger partial charge in [0.25, 0.3) is 0 Å². The highest BCUT2D eigenvalue weighted by Gasteiger charge is 2.48. The Labute approximate surface area is 126 Å². The van der Waals surface area contributed by atoms with E-state index in [1.54, 1.807) is 9.80 Å². The molecule has 2 saturated heterocycles. The summed E-state index contributed by atoms with van der Waals surface area (Å²) < 4.78 is 5.50. The van der Waals surface area contributed by atoms with E-state index in [0.717, 1.165) is 25.0 Å². The van der Waals surface area contributed by atoms with E-state index in [0.29, 0.717) is 19.8 Å². The first-order chi connectivity index (χ1) is 9.93. The lowest BCUT2D eigenvalue weighted by molar-refractivity contribution is -0.162. The van der Waals surface area contributed by atoms with E-state index in [4.69, 9.17) is 4.74 Å². The molecule has 0 aromatic heterocycles. The van der Waals surface area contributed by atoms with Crippen molar-refractivity contribution in [1.29, 1.82) is 0 Å². The monoisotopic (exact) mass is 294 g/mol. The van der Waals surface area contributed by atoms with Crippen molar-refractivity contribution in [1.82, 2.24) is 9.80 Å². The Hall–Kier alpha value is -1.36. The number of nitrogens with zero attached hydrogens (tertiary/aromatic N) is 2. The Morgan fingerprint density at radius 3 is 2.71 bits per heavy atom. The van der Waals surface area contributed by atoms with Crippen LogP contribution in [-0.2, 0) is 14.3 Å². The maximum absolute atomic E-state index is 12.7. The summed E-state index contributed by atoms with van der Waals surface area (Å²) >= 11 is 0. The van der Waals surface area contributed by atoms with E-state index < -0.39 is 0 Å². The number of fused-ring (bicyclic) bond motifs is 1. The van der Waals surface area contributed by atoms with Crippen LogP contribution in [0.5, 0.6) is 0 Å². The van der Waals surface area contributed by atoms with Gasteiger partial charge in [-0.2, -0.15) is 0 Å². The summed E-state index contributed by atoms with van der Waals surface area (Å²) in [5, 5.41) is 0. The molecule has 21 heavy (non-hydrogen) atoms. The minimum Gasteiger partial charge on any atom is -0.375 e. The van der Waals surface area contributed by atoms with Crippen LogP contribution in [0.25, 0.3) is 0 Å². The fourth-order valence-corrected chi connectivity index (χ4v) is 3.22. The second-order valence-corrected chi connectivity index (χ2v) is 6.42. The third-order valence-corrected chi connectivity index (χ3v) is 4.15. The van der Waals surface area contributed by atoms with Crippen molar-refractivity contribution in [3.8, 4) is 0 Å². The Bertz CT molecular complexity index is 433. The number of rotatable bonds is 6. The molecule has 0 aromatic rings. The summed E-state index contributed by atoms with van der Waals surface area (Å²) in [6.07, 6.45) is 1.71. The molecule has 0 aromatic carbocycles. The summed E-state index contributed by atoms with van der Waals surface area (Å²) in [5.41, 5.74) is 0.957. The van der Waals surface area contributed by atoms with Crippen LogP contribution in [0.3, 0.4) is 0 Å². The van der Waals surface area contributed by atoms with E-state index in [1.165, 1.54) is 0 Å². The van der Waals surface area contributed by atoms with Gasteiger partial charge in [0.2, 0.25) is 11.8 Å². The zero-order chi connectivity index (χ0) is 15.6. The molecule has 2 heterocycles. The lowest BCUT2D eigenvalue weighted by Gasteiger charge is -2.44. The van der Waals surface area contributed by atoms with Crippen LogP contribution in [-0.4, -0.2) is 60.0 Å². The van der Waals surface area contributed by atoms with Crippen molar-refractivity contribution >= 4 is 11.8 Å². The molecule has 2 atom stereocenters. The van der Waals surface area contributed by atoms with Crippen molar-refractivity contribution < 1.29 is 14.3 Å². The molecule has 2 amide bonds. The van der Waals surface area contributed by atoms with E-state index in [2.05, 4.69) is 6.58 Å². The highest BCUT2D eigenvalue weighted by atomic mass is 16.5. The molecule has 0 N–H and O–H groups in total. The second kappa shape index (κ2) is 6.60. The number of hydrogen-bond donors (Lipinski definition) is 0. The van der Waals surface area contributed by atoms with Gasteiger partial charge in [0.1, 0.15) is 12.1 Å². The zero-order valence-corrected chi connectivity index (χ0v) is 13.3. The molecule has 2 aliphatic heterocycles. The predicted molar refractivity (Wildman–Crippen MR) is 80.7 cm³/mol. The van der Waals surface area contributed by atoms with Gasteiger partial charge in [-0.05, 0) is 25.7 Å². The number of carbonyl (C=O) groups excluding carboxylic acids is 2. The Kier molecular flexibility index (Phi) is 5.04. The predicted octanol–water partition coefficient (Wildman–Crippen LogP) is 1.44. The number of carbonyl (C=O) groups is 2. The van der Waals surface area contributed by atoms with Crippen LogP contribution in [0.4, 0.5) is 0 Å². The van der Waals surface area contributed by atoms with Crippen LogP contribution < -0.4 is 0 Å². The normalized spacial score (nSPS) is 25.7. The van der Waals surface area contributed by atoms with Crippen LogP contribution >= 0.6 is 0 Å². The molecule has 118 valence electrons. The Morgan fingerprint density at radius 2 is 2.10 bits per heavy atom. The fourth-order valence-electron chi connectivity index (χ4n) is 3.22. The first-order valence-corrected chi connectivity index (χ1v) is 7.76. The smallest absolute Gasteiger partial charge is 0.246 e. The fraction of sp³-hybridized carbons (Fsp3) is 0.750. The average Bonchev–Trinajstić information content (AvgIpc) is 2.89. The van der Waals surface area contributed by atoms with Crippen LogP contribution in [0.2, 0.25) is 0 Å². The topological polar surface area (TPSA) is 49.9 Å². The van der Waals surface area contributed by atoms with Gasteiger partial charge >= 0.3 is 0 Å². The van der Waals surface area contributed by atoms with Crippen molar-refractivity contribution in [2.45, 2.75) is 45.7 Å². The molecule has 2 rings (SSSR count). The van der Waals surface area contributed by atoms with E-state index in [1.807, 2.05) is 20.8 Å². The first-order valence-electron chi connectivity index (χ1n) is 7.76. The molecule has 5 nitrogen and oxygen atoms in total. The van der Waals surface area contributed by atoms with Gasteiger partial charge in [0.15, 0.2) is 0 Å². The molecule has 2 unspecified atom stereocenters. The van der Waals surface area contributed by atoms with Crippen molar-refractivity contribution in [3.63, 3.8) is 0 Å². The molecule has 0 saturated carbocycles. The average molecular weight is 294 g/mol. The number of ether oxygens (including phenoxy) is 1. The van der Waals surface area contributed by atoms with Crippen molar-refractivity contribution in [3.05, 3.63) is 12.2 Å². The molecule has 0 radical (unpaired) electrons. The molecule has 5 heteroatoms. The Morgan fingerprint density at radius 1 is 1.38 bits per heavy atom. The summed E-state index contributed by atoms with van der Waals surface area (Å²) in [6.45, 7) is 11.8. The number of amides is 2. The minimum atomic E-state index is -0.347. The molecule has 0 spiro atoms. The summed E-state index contributed by atoms with van der Waals surface area (Å²) in [5.74, 6) is 0.306. The quantitative estimate of drug-likeness (QED) is 0.550. The standard InChI is InChI=1S/C16H26N2O3/c1-11(2)10-21-9-8-18-14(12(3)4)16(20)17-7-5-6-13(17)15(18)19/h12-14H,1,5-10H2,2-4H3. The lowest BCUT2D eigenvalue weighted by atomic mass is 9.96. The SMILES string of the molecule is C=C(C)COCCN1C(=O)C2CCCN2C(=O)C1C(C)C. The molecule has 2 aliphatic rings. The van der Waals surface area contributed by atoms with Crippen LogP contribution in [0.1, 0.15) is 33.6 Å². The van der Waals surface area contributed by atoms with Crippen LogP contribution in [0.15, 0.2) is 12.2 Å². The summed E-state index contributed by atoms with van der Waals surface area (Å²) in [4.78, 5) is 28.8. The summed E-state index contributed by atoms with van der Waals surface area (Å²) in [7, 11) is 0.